The predicted molar refractivity (Wildman–Crippen MR) is 155 cm³/mol. The SMILES string of the molecule is CC[C@H](C(=O)N(Cc1ccc(F)cc1)Cc1cc(NC(=O)c2cccc(F)c2)ccc1N(C)C)c1ccccc1. The largest absolute Gasteiger partial charge is 0.377 e. The molecule has 0 saturated carbocycles. The minimum Gasteiger partial charge on any atom is -0.377 e. The summed E-state index contributed by atoms with van der Waals surface area (Å²) in [7, 11) is 3.82. The first-order valence-electron chi connectivity index (χ1n) is 13.2. The number of halogens is 2. The van der Waals surface area contributed by atoms with E-state index >= 15 is 0 Å². The normalized spacial score (nSPS) is 11.5. The smallest absolute Gasteiger partial charge is 0.255 e. The fourth-order valence-electron chi connectivity index (χ4n) is 4.75. The maximum Gasteiger partial charge on any atom is 0.255 e. The second-order valence-electron chi connectivity index (χ2n) is 9.89. The van der Waals surface area contributed by atoms with Crippen LogP contribution in [0.3, 0.4) is 0 Å². The van der Waals surface area contributed by atoms with E-state index in [2.05, 4.69) is 5.32 Å². The number of nitrogens with one attached hydrogen (secondary N) is 1. The molecule has 4 aromatic carbocycles. The molecule has 4 aromatic rings. The first-order chi connectivity index (χ1) is 19.2. The molecule has 0 aliphatic heterocycles. The maximum atomic E-state index is 14.0. The van der Waals surface area contributed by atoms with E-state index in [4.69, 9.17) is 0 Å². The van der Waals surface area contributed by atoms with Gasteiger partial charge in [0.1, 0.15) is 11.6 Å². The summed E-state index contributed by atoms with van der Waals surface area (Å²) >= 11 is 0. The van der Waals surface area contributed by atoms with E-state index in [9.17, 15) is 18.4 Å². The van der Waals surface area contributed by atoms with E-state index in [1.54, 1.807) is 29.2 Å². The lowest BCUT2D eigenvalue weighted by molar-refractivity contribution is -0.134. The topological polar surface area (TPSA) is 52.7 Å². The predicted octanol–water partition coefficient (Wildman–Crippen LogP) is 7.01. The van der Waals surface area contributed by atoms with Gasteiger partial charge < -0.3 is 15.1 Å². The second-order valence-corrected chi connectivity index (χ2v) is 9.89. The lowest BCUT2D eigenvalue weighted by Gasteiger charge is -2.29. The van der Waals surface area contributed by atoms with Gasteiger partial charge in [-0.05, 0) is 71.6 Å². The summed E-state index contributed by atoms with van der Waals surface area (Å²) in [4.78, 5) is 30.6. The molecule has 0 radical (unpaired) electrons. The third-order valence-electron chi connectivity index (χ3n) is 6.77. The first kappa shape index (κ1) is 28.5. The van der Waals surface area contributed by atoms with E-state index in [0.29, 0.717) is 12.1 Å². The van der Waals surface area contributed by atoms with Gasteiger partial charge in [-0.15, -0.1) is 0 Å². The molecule has 4 rings (SSSR count). The van der Waals surface area contributed by atoms with E-state index in [1.165, 1.54) is 30.3 Å². The number of carbonyl (C=O) groups excluding carboxylic acids is 2. The highest BCUT2D eigenvalue weighted by atomic mass is 19.1. The fraction of sp³-hybridized carbons (Fsp3) is 0.212. The summed E-state index contributed by atoms with van der Waals surface area (Å²) in [6, 6.07) is 26.8. The number of benzene rings is 4. The van der Waals surface area contributed by atoms with Crippen molar-refractivity contribution >= 4 is 23.2 Å². The molecule has 0 bridgehead atoms. The molecule has 0 fully saturated rings. The van der Waals surface area contributed by atoms with Gasteiger partial charge >= 0.3 is 0 Å². The summed E-state index contributed by atoms with van der Waals surface area (Å²) in [6.07, 6.45) is 0.618. The Kier molecular flexibility index (Phi) is 9.27. The standard InChI is InChI=1S/C33H33F2N3O2/c1-4-30(24-9-6-5-7-10-24)33(40)38(21-23-13-15-27(34)16-14-23)22-26-20-29(17-18-31(26)37(2)3)36-32(39)25-11-8-12-28(35)19-25/h5-20,30H,4,21-22H2,1-3H3,(H,36,39)/t30-/m0/s1. The molecule has 0 aliphatic carbocycles. The molecule has 1 N–H and O–H groups in total. The average molecular weight is 542 g/mol. The van der Waals surface area contributed by atoms with E-state index in [-0.39, 0.29) is 36.3 Å². The zero-order valence-electron chi connectivity index (χ0n) is 22.9. The summed E-state index contributed by atoms with van der Waals surface area (Å²) in [5, 5.41) is 2.84. The van der Waals surface area contributed by atoms with Crippen molar-refractivity contribution in [2.75, 3.05) is 24.3 Å². The number of hydrogen-bond donors (Lipinski definition) is 1. The molecule has 0 unspecified atom stereocenters. The Hall–Kier alpha value is -4.52. The highest BCUT2D eigenvalue weighted by Crippen LogP contribution is 2.29. The van der Waals surface area contributed by atoms with Crippen LogP contribution < -0.4 is 10.2 Å². The second kappa shape index (κ2) is 13.0. The Morgan fingerprint density at radius 3 is 2.17 bits per heavy atom. The van der Waals surface area contributed by atoms with Gasteiger partial charge in [0.2, 0.25) is 5.91 Å². The van der Waals surface area contributed by atoms with Gasteiger partial charge in [0.25, 0.3) is 5.91 Å². The molecular formula is C33H33F2N3O2. The van der Waals surface area contributed by atoms with Crippen molar-refractivity contribution in [2.24, 2.45) is 0 Å². The molecule has 40 heavy (non-hydrogen) atoms. The van der Waals surface area contributed by atoms with Gasteiger partial charge in [0.05, 0.1) is 5.92 Å². The number of carbonyl (C=O) groups is 2. The van der Waals surface area contributed by atoms with Crippen molar-refractivity contribution in [2.45, 2.75) is 32.4 Å². The van der Waals surface area contributed by atoms with Crippen LogP contribution in [0.15, 0.2) is 97.1 Å². The van der Waals surface area contributed by atoms with Gasteiger partial charge in [0, 0.05) is 44.1 Å². The van der Waals surface area contributed by atoms with Crippen molar-refractivity contribution in [3.8, 4) is 0 Å². The summed E-state index contributed by atoms with van der Waals surface area (Å²) in [6.45, 7) is 2.53. The lowest BCUT2D eigenvalue weighted by atomic mass is 9.94. The van der Waals surface area contributed by atoms with Crippen LogP contribution in [0.1, 0.15) is 46.3 Å². The summed E-state index contributed by atoms with van der Waals surface area (Å²) in [5.74, 6) is -1.65. The van der Waals surface area contributed by atoms with Crippen molar-refractivity contribution in [1.82, 2.24) is 4.90 Å². The van der Waals surface area contributed by atoms with Crippen molar-refractivity contribution in [1.29, 1.82) is 0 Å². The fourth-order valence-corrected chi connectivity index (χ4v) is 4.75. The molecule has 0 aromatic heterocycles. The number of rotatable bonds is 10. The Morgan fingerprint density at radius 2 is 1.52 bits per heavy atom. The van der Waals surface area contributed by atoms with E-state index in [1.807, 2.05) is 68.4 Å². The Labute approximate surface area is 234 Å². The highest BCUT2D eigenvalue weighted by Gasteiger charge is 2.26. The first-order valence-corrected chi connectivity index (χ1v) is 13.2. The molecular weight excluding hydrogens is 508 g/mol. The Balaban J connectivity index is 1.68. The molecule has 2 amide bonds. The molecule has 206 valence electrons. The van der Waals surface area contributed by atoms with Gasteiger partial charge in [0.15, 0.2) is 0 Å². The van der Waals surface area contributed by atoms with Gasteiger partial charge in [-0.3, -0.25) is 9.59 Å². The van der Waals surface area contributed by atoms with Gasteiger partial charge in [-0.2, -0.15) is 0 Å². The number of anilines is 2. The third kappa shape index (κ3) is 7.11. The number of nitrogens with zero attached hydrogens (tertiary/aromatic N) is 2. The molecule has 1 atom stereocenters. The van der Waals surface area contributed by atoms with Gasteiger partial charge in [-0.1, -0.05) is 55.5 Å². The van der Waals surface area contributed by atoms with Gasteiger partial charge in [-0.25, -0.2) is 8.78 Å². The highest BCUT2D eigenvalue weighted by molar-refractivity contribution is 6.04. The molecule has 0 saturated heterocycles. The molecule has 0 aliphatic rings. The van der Waals surface area contributed by atoms with Crippen LogP contribution in [-0.4, -0.2) is 30.8 Å². The van der Waals surface area contributed by atoms with Crippen LogP contribution >= 0.6 is 0 Å². The minimum atomic E-state index is -0.491. The van der Waals surface area contributed by atoms with E-state index < -0.39 is 11.7 Å². The van der Waals surface area contributed by atoms with Crippen LogP contribution in [0.5, 0.6) is 0 Å². The Morgan fingerprint density at radius 1 is 0.800 bits per heavy atom. The third-order valence-corrected chi connectivity index (χ3v) is 6.77. The van der Waals surface area contributed by atoms with Crippen LogP contribution in [0.4, 0.5) is 20.2 Å². The lowest BCUT2D eigenvalue weighted by Crippen LogP contribution is -2.34. The summed E-state index contributed by atoms with van der Waals surface area (Å²) in [5.41, 5.74) is 4.18. The van der Waals surface area contributed by atoms with E-state index in [0.717, 1.165) is 22.4 Å². The van der Waals surface area contributed by atoms with Crippen LogP contribution in [0.25, 0.3) is 0 Å². The maximum absolute atomic E-state index is 14.0. The zero-order valence-corrected chi connectivity index (χ0v) is 22.9. The molecule has 5 nitrogen and oxygen atoms in total. The quantitative estimate of drug-likeness (QED) is 0.235. The minimum absolute atomic E-state index is 0.0445. The molecule has 7 heteroatoms. The number of hydrogen-bond acceptors (Lipinski definition) is 3. The summed E-state index contributed by atoms with van der Waals surface area (Å²) < 4.78 is 27.3. The molecule has 0 spiro atoms. The van der Waals surface area contributed by atoms with Crippen molar-refractivity contribution < 1.29 is 18.4 Å². The van der Waals surface area contributed by atoms with Crippen molar-refractivity contribution in [3.63, 3.8) is 0 Å². The van der Waals surface area contributed by atoms with Crippen LogP contribution in [0, 0.1) is 11.6 Å². The van der Waals surface area contributed by atoms with Crippen molar-refractivity contribution in [3.05, 3.63) is 131 Å². The Bertz CT molecular complexity index is 1460. The average Bonchev–Trinajstić information content (AvgIpc) is 2.94. The van der Waals surface area contributed by atoms with Crippen LogP contribution in [-0.2, 0) is 17.9 Å². The number of amides is 2. The van der Waals surface area contributed by atoms with Crippen LogP contribution in [0.2, 0.25) is 0 Å². The molecule has 0 heterocycles. The zero-order chi connectivity index (χ0) is 28.6. The monoisotopic (exact) mass is 541 g/mol.